The molecule has 2 N–H and O–H groups in total. The molecule has 3 unspecified atom stereocenters. The summed E-state index contributed by atoms with van der Waals surface area (Å²) in [5.41, 5.74) is 8.00. The standard InChI is InChI=1S/C26H34Cl2N2O4.ClH/c1-18-12-23(27)26(24(28)13-18)34-11-10-33-22-7-5-20(6-8-22)25(21(14-29)16-31)30-9-3-4-19(15-30)17-32-2;/h5-8,12-13,16,19,21,25H,3-4,9-11,14-15,17,29H2,1-2H3;1H. The zero-order valence-corrected chi connectivity index (χ0v) is 22.6. The van der Waals surface area contributed by atoms with Crippen LogP contribution in [0.4, 0.5) is 0 Å². The molecule has 1 fully saturated rings. The topological polar surface area (TPSA) is 74.0 Å². The van der Waals surface area contributed by atoms with Crippen LogP contribution in [0.25, 0.3) is 0 Å². The third-order valence-electron chi connectivity index (χ3n) is 6.16. The number of hydrogen-bond acceptors (Lipinski definition) is 6. The summed E-state index contributed by atoms with van der Waals surface area (Å²) in [6.45, 7) is 5.44. The van der Waals surface area contributed by atoms with Gasteiger partial charge in [-0.1, -0.05) is 35.3 Å². The Morgan fingerprint density at radius 3 is 2.40 bits per heavy atom. The molecule has 6 nitrogen and oxygen atoms in total. The molecule has 2 aromatic rings. The van der Waals surface area contributed by atoms with E-state index in [0.29, 0.717) is 41.5 Å². The number of aryl methyl sites for hydroxylation is 1. The van der Waals surface area contributed by atoms with Gasteiger partial charge in [-0.05, 0) is 67.6 Å². The number of halogens is 3. The highest BCUT2D eigenvalue weighted by Crippen LogP contribution is 2.34. The molecule has 0 amide bonds. The summed E-state index contributed by atoms with van der Waals surface area (Å²) in [4.78, 5) is 14.2. The molecular formula is C26H35Cl3N2O4. The number of nitrogens with zero attached hydrogens (tertiary/aromatic N) is 1. The van der Waals surface area contributed by atoms with Crippen molar-refractivity contribution in [1.29, 1.82) is 0 Å². The van der Waals surface area contributed by atoms with Crippen molar-refractivity contribution in [2.75, 3.05) is 46.6 Å². The van der Waals surface area contributed by atoms with Crippen molar-refractivity contribution < 1.29 is 19.0 Å². The van der Waals surface area contributed by atoms with E-state index in [1.54, 1.807) is 7.11 Å². The predicted octanol–water partition coefficient (Wildman–Crippen LogP) is 5.35. The predicted molar refractivity (Wildman–Crippen MR) is 143 cm³/mol. The molecule has 0 radical (unpaired) electrons. The SMILES string of the molecule is COCC1CCCN(C(c2ccc(OCCOc3c(Cl)cc(C)cc3Cl)cc2)C(C=O)CN)C1.Cl. The summed E-state index contributed by atoms with van der Waals surface area (Å²) in [5, 5.41) is 0.964. The van der Waals surface area contributed by atoms with Crippen LogP contribution in [0, 0.1) is 18.8 Å². The number of likely N-dealkylation sites (tertiary alicyclic amines) is 1. The average Bonchev–Trinajstić information content (AvgIpc) is 2.82. The van der Waals surface area contributed by atoms with Gasteiger partial charge in [0.05, 0.1) is 16.7 Å². The van der Waals surface area contributed by atoms with Gasteiger partial charge in [0.15, 0.2) is 5.75 Å². The van der Waals surface area contributed by atoms with Gasteiger partial charge in [0, 0.05) is 32.2 Å². The van der Waals surface area contributed by atoms with E-state index in [9.17, 15) is 4.79 Å². The van der Waals surface area contributed by atoms with Crippen molar-refractivity contribution in [2.24, 2.45) is 17.6 Å². The summed E-state index contributed by atoms with van der Waals surface area (Å²) in [7, 11) is 1.73. The molecule has 35 heavy (non-hydrogen) atoms. The van der Waals surface area contributed by atoms with Crippen molar-refractivity contribution in [1.82, 2.24) is 4.90 Å². The second kappa shape index (κ2) is 14.9. The van der Waals surface area contributed by atoms with Crippen molar-refractivity contribution >= 4 is 41.9 Å². The number of ether oxygens (including phenoxy) is 3. The Bertz CT molecular complexity index is 904. The molecule has 1 heterocycles. The van der Waals surface area contributed by atoms with Crippen molar-refractivity contribution in [3.8, 4) is 11.5 Å². The van der Waals surface area contributed by atoms with E-state index in [1.165, 1.54) is 0 Å². The van der Waals surface area contributed by atoms with Gasteiger partial charge >= 0.3 is 0 Å². The Balaban J connectivity index is 0.00000432. The molecule has 0 saturated carbocycles. The first-order valence-corrected chi connectivity index (χ1v) is 12.4. The molecule has 1 aliphatic heterocycles. The van der Waals surface area contributed by atoms with Crippen molar-refractivity contribution in [3.05, 3.63) is 57.6 Å². The third-order valence-corrected chi connectivity index (χ3v) is 6.72. The molecule has 1 aliphatic rings. The first-order chi connectivity index (χ1) is 16.5. The Morgan fingerprint density at radius 2 is 1.80 bits per heavy atom. The number of piperidine rings is 1. The van der Waals surface area contributed by atoms with Crippen molar-refractivity contribution in [2.45, 2.75) is 25.8 Å². The number of hydrogen-bond donors (Lipinski definition) is 1. The Hall–Kier alpha value is -1.54. The van der Waals surface area contributed by atoms with Crippen LogP contribution >= 0.6 is 35.6 Å². The minimum absolute atomic E-state index is 0. The second-order valence-electron chi connectivity index (χ2n) is 8.76. The van der Waals surface area contributed by atoms with E-state index in [1.807, 2.05) is 43.3 Å². The van der Waals surface area contributed by atoms with E-state index in [-0.39, 0.29) is 24.4 Å². The fraction of sp³-hybridized carbons (Fsp3) is 0.500. The van der Waals surface area contributed by atoms with Gasteiger partial charge in [-0.25, -0.2) is 0 Å². The number of rotatable bonds is 12. The highest BCUT2D eigenvalue weighted by atomic mass is 35.5. The highest BCUT2D eigenvalue weighted by molar-refractivity contribution is 6.37. The molecule has 0 aliphatic carbocycles. The summed E-state index contributed by atoms with van der Waals surface area (Å²) in [6.07, 6.45) is 3.20. The summed E-state index contributed by atoms with van der Waals surface area (Å²) >= 11 is 12.4. The molecule has 3 atom stereocenters. The van der Waals surface area contributed by atoms with Gasteiger partial charge in [-0.15, -0.1) is 12.4 Å². The smallest absolute Gasteiger partial charge is 0.156 e. The molecule has 3 rings (SSSR count). The second-order valence-corrected chi connectivity index (χ2v) is 9.58. The van der Waals surface area contributed by atoms with E-state index in [2.05, 4.69) is 4.90 Å². The zero-order chi connectivity index (χ0) is 24.5. The fourth-order valence-electron chi connectivity index (χ4n) is 4.60. The number of methoxy groups -OCH3 is 1. The largest absolute Gasteiger partial charge is 0.490 e. The third kappa shape index (κ3) is 8.24. The van der Waals surface area contributed by atoms with E-state index >= 15 is 0 Å². The lowest BCUT2D eigenvalue weighted by molar-refractivity contribution is -0.113. The molecule has 1 saturated heterocycles. The van der Waals surface area contributed by atoms with Crippen LogP contribution in [0.15, 0.2) is 36.4 Å². The number of benzene rings is 2. The maximum absolute atomic E-state index is 11.8. The van der Waals surface area contributed by atoms with Crippen LogP contribution in [0.1, 0.15) is 30.0 Å². The summed E-state index contributed by atoms with van der Waals surface area (Å²) < 4.78 is 16.9. The first-order valence-electron chi connectivity index (χ1n) is 11.7. The lowest BCUT2D eigenvalue weighted by atomic mass is 9.88. The van der Waals surface area contributed by atoms with Crippen LogP contribution in [-0.2, 0) is 9.53 Å². The van der Waals surface area contributed by atoms with Crippen LogP contribution in [-0.4, -0.2) is 57.8 Å². The van der Waals surface area contributed by atoms with Crippen molar-refractivity contribution in [3.63, 3.8) is 0 Å². The van der Waals surface area contributed by atoms with Crippen LogP contribution in [0.3, 0.4) is 0 Å². The molecular weight excluding hydrogens is 511 g/mol. The van der Waals surface area contributed by atoms with Gasteiger partial charge in [-0.2, -0.15) is 0 Å². The Labute approximate surface area is 224 Å². The lowest BCUT2D eigenvalue weighted by Crippen LogP contribution is -2.44. The lowest BCUT2D eigenvalue weighted by Gasteiger charge is -2.40. The molecule has 194 valence electrons. The van der Waals surface area contributed by atoms with Gasteiger partial charge in [0.1, 0.15) is 25.2 Å². The number of nitrogens with two attached hydrogens (primary N) is 1. The fourth-order valence-corrected chi connectivity index (χ4v) is 5.30. The van der Waals surface area contributed by atoms with Gasteiger partial charge < -0.3 is 24.7 Å². The summed E-state index contributed by atoms with van der Waals surface area (Å²) in [5.74, 6) is 1.37. The summed E-state index contributed by atoms with van der Waals surface area (Å²) in [6, 6.07) is 11.4. The normalized spacial score (nSPS) is 17.8. The van der Waals surface area contributed by atoms with Crippen LogP contribution in [0.2, 0.25) is 10.0 Å². The van der Waals surface area contributed by atoms with Gasteiger partial charge in [-0.3, -0.25) is 4.90 Å². The van der Waals surface area contributed by atoms with E-state index in [4.69, 9.17) is 43.1 Å². The minimum Gasteiger partial charge on any atom is -0.490 e. The number of aldehydes is 1. The maximum atomic E-state index is 11.8. The minimum atomic E-state index is -0.273. The average molecular weight is 546 g/mol. The van der Waals surface area contributed by atoms with Gasteiger partial charge in [0.25, 0.3) is 0 Å². The van der Waals surface area contributed by atoms with Gasteiger partial charge in [0.2, 0.25) is 0 Å². The highest BCUT2D eigenvalue weighted by Gasteiger charge is 2.32. The molecule has 0 aromatic heterocycles. The van der Waals surface area contributed by atoms with Crippen LogP contribution < -0.4 is 15.2 Å². The van der Waals surface area contributed by atoms with E-state index < -0.39 is 0 Å². The Kier molecular flexibility index (Phi) is 12.6. The number of carbonyl (C=O) groups is 1. The molecule has 0 spiro atoms. The molecule has 9 heteroatoms. The first kappa shape index (κ1) is 29.7. The molecule has 2 aromatic carbocycles. The maximum Gasteiger partial charge on any atom is 0.156 e. The van der Waals surface area contributed by atoms with Crippen LogP contribution in [0.5, 0.6) is 11.5 Å². The number of carbonyl (C=O) groups excluding carboxylic acids is 1. The monoisotopic (exact) mass is 544 g/mol. The zero-order valence-electron chi connectivity index (χ0n) is 20.3. The quantitative estimate of drug-likeness (QED) is 0.286. The molecule has 0 bridgehead atoms. The Morgan fingerprint density at radius 1 is 1.14 bits per heavy atom. The van der Waals surface area contributed by atoms with E-state index in [0.717, 1.165) is 55.7 Å².